The number of carbonyl (C=O) groups excluding carboxylic acids is 1. The Morgan fingerprint density at radius 1 is 1.10 bits per heavy atom. The molecule has 168 valence electrons. The van der Waals surface area contributed by atoms with E-state index in [-0.39, 0.29) is 12.0 Å². The van der Waals surface area contributed by atoms with Crippen molar-refractivity contribution in [1.82, 2.24) is 9.80 Å². The van der Waals surface area contributed by atoms with E-state index in [9.17, 15) is 4.79 Å². The lowest BCUT2D eigenvalue weighted by atomic mass is 10.1. The molecule has 1 aliphatic heterocycles. The first-order valence-corrected chi connectivity index (χ1v) is 11.5. The van der Waals surface area contributed by atoms with Crippen molar-refractivity contribution in [2.24, 2.45) is 0 Å². The lowest BCUT2D eigenvalue weighted by Gasteiger charge is -2.36. The van der Waals surface area contributed by atoms with Crippen molar-refractivity contribution in [3.63, 3.8) is 0 Å². The van der Waals surface area contributed by atoms with E-state index in [4.69, 9.17) is 21.1 Å². The van der Waals surface area contributed by atoms with E-state index < -0.39 is 0 Å². The molecule has 3 rings (SSSR count). The van der Waals surface area contributed by atoms with Gasteiger partial charge in [-0.2, -0.15) is 0 Å². The maximum atomic E-state index is 12.3. The molecule has 2 aromatic rings. The fourth-order valence-corrected chi connectivity index (χ4v) is 3.92. The van der Waals surface area contributed by atoms with E-state index >= 15 is 0 Å². The van der Waals surface area contributed by atoms with Gasteiger partial charge < -0.3 is 14.4 Å². The molecule has 5 nitrogen and oxygen atoms in total. The van der Waals surface area contributed by atoms with E-state index in [1.165, 1.54) is 0 Å². The van der Waals surface area contributed by atoms with Gasteiger partial charge in [-0.25, -0.2) is 0 Å². The second-order valence-electron chi connectivity index (χ2n) is 7.99. The summed E-state index contributed by atoms with van der Waals surface area (Å²) in [6.45, 7) is 6.70. The molecule has 0 unspecified atom stereocenters. The number of hydrogen-bond acceptors (Lipinski definition) is 4. The van der Waals surface area contributed by atoms with Gasteiger partial charge in [0.1, 0.15) is 5.75 Å². The van der Waals surface area contributed by atoms with Gasteiger partial charge >= 0.3 is 0 Å². The number of methoxy groups -OCH3 is 1. The van der Waals surface area contributed by atoms with Crippen LogP contribution in [0.15, 0.2) is 48.5 Å². The summed E-state index contributed by atoms with van der Waals surface area (Å²) in [4.78, 5) is 16.7. The zero-order valence-corrected chi connectivity index (χ0v) is 19.3. The second kappa shape index (κ2) is 12.1. The number of hydrogen-bond donors (Lipinski definition) is 0. The molecule has 1 atom stereocenters. The minimum atomic E-state index is -0.0780. The predicted molar refractivity (Wildman–Crippen MR) is 125 cm³/mol. The van der Waals surface area contributed by atoms with Crippen LogP contribution in [0, 0.1) is 0 Å². The molecule has 0 radical (unpaired) electrons. The van der Waals surface area contributed by atoms with Gasteiger partial charge in [-0.3, -0.25) is 9.69 Å². The Morgan fingerprint density at radius 3 is 2.52 bits per heavy atom. The smallest absolute Gasteiger partial charge is 0.222 e. The fraction of sp³-hybridized carbons (Fsp3) is 0.480. The maximum Gasteiger partial charge on any atom is 0.222 e. The van der Waals surface area contributed by atoms with E-state index in [0.717, 1.165) is 67.5 Å². The van der Waals surface area contributed by atoms with Crippen molar-refractivity contribution in [3.8, 4) is 5.75 Å². The topological polar surface area (TPSA) is 42.0 Å². The van der Waals surface area contributed by atoms with Crippen molar-refractivity contribution in [2.45, 2.75) is 38.9 Å². The van der Waals surface area contributed by atoms with Crippen LogP contribution in [0.3, 0.4) is 0 Å². The third-order valence-corrected chi connectivity index (χ3v) is 5.97. The Bertz CT molecular complexity index is 820. The number of amides is 1. The van der Waals surface area contributed by atoms with Crippen LogP contribution in [0.5, 0.6) is 5.75 Å². The molecule has 1 aliphatic rings. The van der Waals surface area contributed by atoms with Crippen LogP contribution in [0.4, 0.5) is 0 Å². The average molecular weight is 445 g/mol. The summed E-state index contributed by atoms with van der Waals surface area (Å²) in [5.74, 6) is 1.11. The molecule has 1 amide bonds. The zero-order valence-electron chi connectivity index (χ0n) is 18.6. The fourth-order valence-electron chi connectivity index (χ4n) is 3.79. The molecule has 1 fully saturated rings. The van der Waals surface area contributed by atoms with Crippen molar-refractivity contribution in [2.75, 3.05) is 39.8 Å². The number of piperazine rings is 1. The van der Waals surface area contributed by atoms with E-state index in [1.54, 1.807) is 7.11 Å². The van der Waals surface area contributed by atoms with Crippen LogP contribution in [0.1, 0.15) is 43.4 Å². The first-order chi connectivity index (χ1) is 15.1. The van der Waals surface area contributed by atoms with Crippen molar-refractivity contribution in [3.05, 3.63) is 64.7 Å². The lowest BCUT2D eigenvalue weighted by molar-refractivity contribution is -0.133. The first kappa shape index (κ1) is 23.6. The van der Waals surface area contributed by atoms with Crippen LogP contribution < -0.4 is 4.74 Å². The van der Waals surface area contributed by atoms with Crippen LogP contribution in [0.25, 0.3) is 0 Å². The van der Waals surface area contributed by atoms with Crippen LogP contribution >= 0.6 is 11.6 Å². The largest absolute Gasteiger partial charge is 0.497 e. The quantitative estimate of drug-likeness (QED) is 0.520. The Labute approximate surface area is 190 Å². The molecule has 2 aromatic carbocycles. The van der Waals surface area contributed by atoms with Gasteiger partial charge in [0.15, 0.2) is 0 Å². The normalized spacial score (nSPS) is 15.6. The van der Waals surface area contributed by atoms with Gasteiger partial charge in [0.2, 0.25) is 5.91 Å². The lowest BCUT2D eigenvalue weighted by Crippen LogP contribution is -2.49. The highest BCUT2D eigenvalue weighted by molar-refractivity contribution is 6.30. The molecular weight excluding hydrogens is 412 g/mol. The Kier molecular flexibility index (Phi) is 9.19. The molecule has 1 saturated heterocycles. The molecule has 31 heavy (non-hydrogen) atoms. The van der Waals surface area contributed by atoms with E-state index in [0.29, 0.717) is 13.0 Å². The SMILES string of the molecule is CCCCC(=O)N1CCN(C[C@@H](OCc2cccc(OC)c2)c2ccc(Cl)cc2)CC1. The number of rotatable bonds is 10. The molecule has 0 aliphatic carbocycles. The maximum absolute atomic E-state index is 12.3. The molecule has 0 spiro atoms. The molecule has 0 N–H and O–H groups in total. The number of carbonyl (C=O) groups is 1. The van der Waals surface area contributed by atoms with Gasteiger partial charge in [0.25, 0.3) is 0 Å². The zero-order chi connectivity index (χ0) is 22.1. The highest BCUT2D eigenvalue weighted by atomic mass is 35.5. The van der Waals surface area contributed by atoms with Gasteiger partial charge in [-0.05, 0) is 41.8 Å². The second-order valence-corrected chi connectivity index (χ2v) is 8.42. The third kappa shape index (κ3) is 7.23. The number of ether oxygens (including phenoxy) is 2. The molecular formula is C25H33ClN2O3. The summed E-state index contributed by atoms with van der Waals surface area (Å²) in [6, 6.07) is 15.8. The van der Waals surface area contributed by atoms with Crippen LogP contribution in [0.2, 0.25) is 5.02 Å². The monoisotopic (exact) mass is 444 g/mol. The Hall–Kier alpha value is -2.08. The van der Waals surface area contributed by atoms with Crippen LogP contribution in [-0.4, -0.2) is 55.5 Å². The highest BCUT2D eigenvalue weighted by Crippen LogP contribution is 2.24. The van der Waals surface area contributed by atoms with Gasteiger partial charge in [0, 0.05) is 44.2 Å². The number of halogens is 1. The summed E-state index contributed by atoms with van der Waals surface area (Å²) in [5.41, 5.74) is 2.18. The van der Waals surface area contributed by atoms with Gasteiger partial charge in [0.05, 0.1) is 19.8 Å². The predicted octanol–water partition coefficient (Wildman–Crippen LogP) is 4.94. The molecule has 6 heteroatoms. The summed E-state index contributed by atoms with van der Waals surface area (Å²) in [6.07, 6.45) is 2.61. The van der Waals surface area contributed by atoms with Gasteiger partial charge in [-0.1, -0.05) is 49.2 Å². The molecule has 0 aromatic heterocycles. The summed E-state index contributed by atoms with van der Waals surface area (Å²) in [7, 11) is 1.67. The Morgan fingerprint density at radius 2 is 1.84 bits per heavy atom. The van der Waals surface area contributed by atoms with Gasteiger partial charge in [-0.15, -0.1) is 0 Å². The van der Waals surface area contributed by atoms with Crippen molar-refractivity contribution in [1.29, 1.82) is 0 Å². The molecule has 0 bridgehead atoms. The number of unbranched alkanes of at least 4 members (excludes halogenated alkanes) is 1. The summed E-state index contributed by atoms with van der Waals surface area (Å²) in [5, 5.41) is 0.717. The molecule has 0 saturated carbocycles. The van der Waals surface area contributed by atoms with Crippen molar-refractivity contribution >= 4 is 17.5 Å². The minimum Gasteiger partial charge on any atom is -0.497 e. The Balaban J connectivity index is 1.61. The highest BCUT2D eigenvalue weighted by Gasteiger charge is 2.24. The number of benzene rings is 2. The third-order valence-electron chi connectivity index (χ3n) is 5.72. The van der Waals surface area contributed by atoms with Crippen molar-refractivity contribution < 1.29 is 14.3 Å². The summed E-state index contributed by atoms with van der Waals surface area (Å²) < 4.78 is 11.7. The average Bonchev–Trinajstić information content (AvgIpc) is 2.81. The van der Waals surface area contributed by atoms with E-state index in [2.05, 4.69) is 11.8 Å². The van der Waals surface area contributed by atoms with Crippen LogP contribution in [-0.2, 0) is 16.1 Å². The van der Waals surface area contributed by atoms with E-state index in [1.807, 2.05) is 53.4 Å². The molecule has 1 heterocycles. The minimum absolute atomic E-state index is 0.0780. The number of nitrogens with zero attached hydrogens (tertiary/aromatic N) is 2. The summed E-state index contributed by atoms with van der Waals surface area (Å²) >= 11 is 6.09. The standard InChI is InChI=1S/C25H33ClN2O3/c1-3-4-8-25(29)28-15-13-27(14-16-28)18-24(21-9-11-22(26)12-10-21)31-19-20-6-5-7-23(17-20)30-2/h5-7,9-12,17,24H,3-4,8,13-16,18-19H2,1-2H3/t24-/m1/s1. The first-order valence-electron chi connectivity index (χ1n) is 11.1.